The Balaban J connectivity index is 2.01. The Kier molecular flexibility index (Phi) is 7.26. The molecule has 0 unspecified atom stereocenters. The molecular formula is C20H21F2NO3. The molecule has 0 fully saturated rings. The number of rotatable bonds is 9. The summed E-state index contributed by atoms with van der Waals surface area (Å²) >= 11 is 0. The first-order chi connectivity index (χ1) is 12.5. The van der Waals surface area contributed by atoms with E-state index in [1.165, 1.54) is 0 Å². The lowest BCUT2D eigenvalue weighted by Gasteiger charge is -2.23. The number of aliphatic carboxylic acids is 1. The molecule has 26 heavy (non-hydrogen) atoms. The molecule has 0 spiro atoms. The fraction of sp³-hybridized carbons (Fsp3) is 0.300. The van der Waals surface area contributed by atoms with E-state index in [1.807, 2.05) is 30.3 Å². The Morgan fingerprint density at radius 3 is 2.42 bits per heavy atom. The second-order valence-corrected chi connectivity index (χ2v) is 6.03. The van der Waals surface area contributed by atoms with Gasteiger partial charge in [-0.25, -0.2) is 8.78 Å². The Hall–Kier alpha value is -2.76. The van der Waals surface area contributed by atoms with Gasteiger partial charge in [0.25, 0.3) is 0 Å². The van der Waals surface area contributed by atoms with Crippen LogP contribution in [-0.2, 0) is 22.6 Å². The number of nitrogens with zero attached hydrogens (tertiary/aromatic N) is 1. The minimum absolute atomic E-state index is 0.0281. The fourth-order valence-corrected chi connectivity index (χ4v) is 2.65. The molecule has 0 aliphatic heterocycles. The zero-order chi connectivity index (χ0) is 18.9. The van der Waals surface area contributed by atoms with E-state index in [9.17, 15) is 18.4 Å². The van der Waals surface area contributed by atoms with Gasteiger partial charge < -0.3 is 10.0 Å². The highest BCUT2D eigenvalue weighted by molar-refractivity contribution is 5.76. The van der Waals surface area contributed by atoms with Gasteiger partial charge in [0.05, 0.1) is 0 Å². The molecule has 0 heterocycles. The maximum absolute atomic E-state index is 13.7. The molecule has 1 N–H and O–H groups in total. The van der Waals surface area contributed by atoms with E-state index in [0.717, 1.165) is 23.8 Å². The summed E-state index contributed by atoms with van der Waals surface area (Å²) in [7, 11) is 0. The van der Waals surface area contributed by atoms with Crippen LogP contribution >= 0.6 is 0 Å². The average Bonchev–Trinajstić information content (AvgIpc) is 2.62. The summed E-state index contributed by atoms with van der Waals surface area (Å²) in [5, 5.41) is 8.78. The van der Waals surface area contributed by atoms with E-state index in [-0.39, 0.29) is 30.7 Å². The van der Waals surface area contributed by atoms with Crippen LogP contribution in [0.5, 0.6) is 0 Å². The van der Waals surface area contributed by atoms with Crippen molar-refractivity contribution in [3.05, 3.63) is 71.3 Å². The zero-order valence-corrected chi connectivity index (χ0v) is 14.3. The van der Waals surface area contributed by atoms with Crippen molar-refractivity contribution in [1.82, 2.24) is 4.90 Å². The SMILES string of the molecule is O=C(O)CCCN(Cc1ccccc1)C(=O)CCc1cc(F)ccc1F. The molecule has 2 aromatic carbocycles. The van der Waals surface area contributed by atoms with Crippen molar-refractivity contribution in [1.29, 1.82) is 0 Å². The smallest absolute Gasteiger partial charge is 0.303 e. The molecule has 0 saturated carbocycles. The van der Waals surface area contributed by atoms with Crippen LogP contribution in [-0.4, -0.2) is 28.4 Å². The van der Waals surface area contributed by atoms with Crippen LogP contribution in [0.15, 0.2) is 48.5 Å². The highest BCUT2D eigenvalue weighted by atomic mass is 19.1. The number of halogens is 2. The van der Waals surface area contributed by atoms with Crippen LogP contribution in [0.1, 0.15) is 30.4 Å². The number of carboxylic acid groups (broad SMARTS) is 1. The van der Waals surface area contributed by atoms with Crippen molar-refractivity contribution in [2.45, 2.75) is 32.2 Å². The third-order valence-corrected chi connectivity index (χ3v) is 4.00. The first kappa shape index (κ1) is 19.6. The van der Waals surface area contributed by atoms with Crippen LogP contribution in [0, 0.1) is 11.6 Å². The average molecular weight is 361 g/mol. The minimum Gasteiger partial charge on any atom is -0.481 e. The number of aryl methyl sites for hydroxylation is 1. The molecule has 4 nitrogen and oxygen atoms in total. The second kappa shape index (κ2) is 9.65. The van der Waals surface area contributed by atoms with Gasteiger partial charge in [-0.1, -0.05) is 30.3 Å². The summed E-state index contributed by atoms with van der Waals surface area (Å²) in [5.74, 6) is -2.22. The van der Waals surface area contributed by atoms with Crippen molar-refractivity contribution in [3.8, 4) is 0 Å². The van der Waals surface area contributed by atoms with Gasteiger partial charge in [-0.3, -0.25) is 9.59 Å². The van der Waals surface area contributed by atoms with Crippen LogP contribution in [0.2, 0.25) is 0 Å². The number of carbonyl (C=O) groups excluding carboxylic acids is 1. The number of carboxylic acids is 1. The summed E-state index contributed by atoms with van der Waals surface area (Å²) in [6.07, 6.45) is 0.423. The molecule has 0 saturated heterocycles. The van der Waals surface area contributed by atoms with Crippen molar-refractivity contribution in [2.24, 2.45) is 0 Å². The third kappa shape index (κ3) is 6.27. The Labute approximate surface area is 151 Å². The highest BCUT2D eigenvalue weighted by Gasteiger charge is 2.16. The number of hydrogen-bond acceptors (Lipinski definition) is 2. The van der Waals surface area contributed by atoms with Gasteiger partial charge in [0, 0.05) is 25.9 Å². The lowest BCUT2D eigenvalue weighted by Crippen LogP contribution is -2.32. The van der Waals surface area contributed by atoms with E-state index < -0.39 is 17.6 Å². The molecule has 2 aromatic rings. The molecule has 2 rings (SSSR count). The molecule has 0 atom stereocenters. The van der Waals surface area contributed by atoms with Crippen molar-refractivity contribution >= 4 is 11.9 Å². The van der Waals surface area contributed by atoms with Crippen LogP contribution < -0.4 is 0 Å². The fourth-order valence-electron chi connectivity index (χ4n) is 2.65. The topological polar surface area (TPSA) is 57.6 Å². The van der Waals surface area contributed by atoms with Crippen LogP contribution in [0.25, 0.3) is 0 Å². The van der Waals surface area contributed by atoms with E-state index >= 15 is 0 Å². The summed E-state index contributed by atoms with van der Waals surface area (Å²) in [6, 6.07) is 12.5. The van der Waals surface area contributed by atoms with Gasteiger partial charge in [0.15, 0.2) is 0 Å². The van der Waals surface area contributed by atoms with Gasteiger partial charge in [-0.05, 0) is 42.2 Å². The predicted octanol–water partition coefficient (Wildman–Crippen LogP) is 3.79. The van der Waals surface area contributed by atoms with Crippen LogP contribution in [0.3, 0.4) is 0 Å². The number of carbonyl (C=O) groups is 2. The molecule has 0 aliphatic carbocycles. The Morgan fingerprint density at radius 1 is 1.00 bits per heavy atom. The normalized spacial score (nSPS) is 10.5. The largest absolute Gasteiger partial charge is 0.481 e. The monoisotopic (exact) mass is 361 g/mol. The van der Waals surface area contributed by atoms with Crippen molar-refractivity contribution in [3.63, 3.8) is 0 Å². The van der Waals surface area contributed by atoms with E-state index in [1.54, 1.807) is 4.90 Å². The predicted molar refractivity (Wildman–Crippen MR) is 93.4 cm³/mol. The maximum Gasteiger partial charge on any atom is 0.303 e. The summed E-state index contributed by atoms with van der Waals surface area (Å²) in [4.78, 5) is 24.8. The van der Waals surface area contributed by atoms with Gasteiger partial charge in [0.2, 0.25) is 5.91 Å². The molecule has 0 aromatic heterocycles. The maximum atomic E-state index is 13.7. The summed E-state index contributed by atoms with van der Waals surface area (Å²) < 4.78 is 26.9. The van der Waals surface area contributed by atoms with Gasteiger partial charge in [-0.15, -0.1) is 0 Å². The quantitative estimate of drug-likeness (QED) is 0.739. The number of amides is 1. The number of hydrogen-bond donors (Lipinski definition) is 1. The van der Waals surface area contributed by atoms with E-state index in [4.69, 9.17) is 5.11 Å². The molecule has 1 amide bonds. The Bertz CT molecular complexity index is 750. The lowest BCUT2D eigenvalue weighted by atomic mass is 10.1. The van der Waals surface area contributed by atoms with Gasteiger partial charge in [0.1, 0.15) is 11.6 Å². The number of benzene rings is 2. The van der Waals surface area contributed by atoms with E-state index in [0.29, 0.717) is 19.5 Å². The van der Waals surface area contributed by atoms with Crippen LogP contribution in [0.4, 0.5) is 8.78 Å². The molecule has 0 radical (unpaired) electrons. The molecule has 0 aliphatic rings. The highest BCUT2D eigenvalue weighted by Crippen LogP contribution is 2.14. The van der Waals surface area contributed by atoms with Crippen molar-refractivity contribution in [2.75, 3.05) is 6.54 Å². The summed E-state index contributed by atoms with van der Waals surface area (Å²) in [5.41, 5.74) is 1.08. The standard InChI is InChI=1S/C20H21F2NO3/c21-17-9-10-18(22)16(13-17)8-11-19(24)23(12-4-7-20(25)26)14-15-5-2-1-3-6-15/h1-3,5-6,9-10,13H,4,7-8,11-12,14H2,(H,25,26). The molecular weight excluding hydrogens is 340 g/mol. The third-order valence-electron chi connectivity index (χ3n) is 4.00. The van der Waals surface area contributed by atoms with Crippen molar-refractivity contribution < 1.29 is 23.5 Å². The van der Waals surface area contributed by atoms with Gasteiger partial charge in [-0.2, -0.15) is 0 Å². The molecule has 138 valence electrons. The first-order valence-electron chi connectivity index (χ1n) is 8.43. The first-order valence-corrected chi connectivity index (χ1v) is 8.43. The summed E-state index contributed by atoms with van der Waals surface area (Å²) in [6.45, 7) is 0.649. The minimum atomic E-state index is -0.918. The lowest BCUT2D eigenvalue weighted by molar-refractivity contribution is -0.138. The zero-order valence-electron chi connectivity index (χ0n) is 14.3. The Morgan fingerprint density at radius 2 is 1.73 bits per heavy atom. The molecule has 6 heteroatoms. The van der Waals surface area contributed by atoms with Gasteiger partial charge >= 0.3 is 5.97 Å². The molecule has 0 bridgehead atoms. The second-order valence-electron chi connectivity index (χ2n) is 6.03. The van der Waals surface area contributed by atoms with E-state index in [2.05, 4.69) is 0 Å².